The maximum atomic E-state index is 11.2. The monoisotopic (exact) mass is 388 g/mol. The highest BCUT2D eigenvalue weighted by Gasteiger charge is 2.17. The largest absolute Gasteiger partial charge is 0.302 e. The van der Waals surface area contributed by atoms with E-state index in [4.69, 9.17) is 11.6 Å². The van der Waals surface area contributed by atoms with Gasteiger partial charge in [0.25, 0.3) is 5.69 Å². The van der Waals surface area contributed by atoms with E-state index in [1.807, 2.05) is 48.7 Å². The van der Waals surface area contributed by atoms with Crippen LogP contribution < -0.4 is 0 Å². The third-order valence-electron chi connectivity index (χ3n) is 3.92. The molecule has 0 atom stereocenters. The molecular weight excluding hydrogens is 372 g/mol. The summed E-state index contributed by atoms with van der Waals surface area (Å²) in [5.74, 6) is 1.21. The number of benzene rings is 2. The summed E-state index contributed by atoms with van der Waals surface area (Å²) < 4.78 is 2.00. The van der Waals surface area contributed by atoms with Crippen molar-refractivity contribution in [3.05, 3.63) is 68.7 Å². The van der Waals surface area contributed by atoms with Crippen LogP contribution in [0, 0.1) is 17.0 Å². The number of halogens is 1. The molecule has 0 saturated carbocycles. The third-order valence-corrected chi connectivity index (χ3v) is 5.19. The Balaban J connectivity index is 1.87. The van der Waals surface area contributed by atoms with Gasteiger partial charge in [-0.25, -0.2) is 0 Å². The SMILES string of the molecule is CCn1c(SCc2cc(C)ccc2[N+](=O)[O-])nnc1-c1ccc(Cl)cc1. The van der Waals surface area contributed by atoms with Crippen molar-refractivity contribution in [3.63, 3.8) is 0 Å². The summed E-state index contributed by atoms with van der Waals surface area (Å²) in [5.41, 5.74) is 2.73. The second-order valence-electron chi connectivity index (χ2n) is 5.74. The Bertz CT molecular complexity index is 941. The van der Waals surface area contributed by atoms with Crippen molar-refractivity contribution in [3.8, 4) is 11.4 Å². The van der Waals surface area contributed by atoms with Gasteiger partial charge in [0.2, 0.25) is 0 Å². The number of aryl methyl sites for hydroxylation is 1. The van der Waals surface area contributed by atoms with Gasteiger partial charge in [0.15, 0.2) is 11.0 Å². The lowest BCUT2D eigenvalue weighted by Gasteiger charge is -2.08. The average Bonchev–Trinajstić information content (AvgIpc) is 3.03. The van der Waals surface area contributed by atoms with Gasteiger partial charge in [-0.3, -0.25) is 10.1 Å². The summed E-state index contributed by atoms with van der Waals surface area (Å²) in [4.78, 5) is 10.9. The van der Waals surface area contributed by atoms with E-state index in [0.717, 1.165) is 22.1 Å². The minimum absolute atomic E-state index is 0.128. The van der Waals surface area contributed by atoms with Gasteiger partial charge in [0, 0.05) is 34.5 Å². The molecular formula is C18H17ClN4O2S. The molecule has 26 heavy (non-hydrogen) atoms. The predicted molar refractivity (Wildman–Crippen MR) is 104 cm³/mol. The van der Waals surface area contributed by atoms with Crippen LogP contribution in [0.3, 0.4) is 0 Å². The summed E-state index contributed by atoms with van der Waals surface area (Å²) in [6, 6.07) is 12.6. The van der Waals surface area contributed by atoms with Gasteiger partial charge < -0.3 is 4.57 Å². The zero-order valence-electron chi connectivity index (χ0n) is 14.3. The molecule has 8 heteroatoms. The second-order valence-corrected chi connectivity index (χ2v) is 7.11. The molecule has 0 aliphatic heterocycles. The standard InChI is InChI=1S/C18H17ClN4O2S/c1-3-22-17(13-5-7-15(19)8-6-13)20-21-18(22)26-11-14-10-12(2)4-9-16(14)23(24)25/h4-10H,3,11H2,1-2H3. The van der Waals surface area contributed by atoms with Gasteiger partial charge in [0.05, 0.1) is 4.92 Å². The molecule has 1 heterocycles. The molecule has 0 aliphatic rings. The van der Waals surface area contributed by atoms with Crippen LogP contribution in [0.5, 0.6) is 0 Å². The van der Waals surface area contributed by atoms with Crippen molar-refractivity contribution >= 4 is 29.1 Å². The molecule has 0 unspecified atom stereocenters. The lowest BCUT2D eigenvalue weighted by atomic mass is 10.1. The van der Waals surface area contributed by atoms with Crippen LogP contribution in [-0.4, -0.2) is 19.7 Å². The number of nitro groups is 1. The molecule has 6 nitrogen and oxygen atoms in total. The van der Waals surface area contributed by atoms with Gasteiger partial charge in [-0.1, -0.05) is 35.0 Å². The topological polar surface area (TPSA) is 73.8 Å². The number of aromatic nitrogens is 3. The molecule has 0 bridgehead atoms. The van der Waals surface area contributed by atoms with Crippen molar-refractivity contribution < 1.29 is 4.92 Å². The second kappa shape index (κ2) is 7.88. The van der Waals surface area contributed by atoms with E-state index in [0.29, 0.717) is 22.9 Å². The molecule has 3 rings (SSSR count). The van der Waals surface area contributed by atoms with Crippen molar-refractivity contribution in [1.29, 1.82) is 0 Å². The fraction of sp³-hybridized carbons (Fsp3) is 0.222. The van der Waals surface area contributed by atoms with E-state index in [9.17, 15) is 10.1 Å². The Morgan fingerprint density at radius 3 is 2.58 bits per heavy atom. The smallest absolute Gasteiger partial charge is 0.273 e. The molecule has 3 aromatic rings. The Hall–Kier alpha value is -2.38. The Kier molecular flexibility index (Phi) is 5.58. The summed E-state index contributed by atoms with van der Waals surface area (Å²) in [7, 11) is 0. The maximum Gasteiger partial charge on any atom is 0.273 e. The molecule has 134 valence electrons. The minimum atomic E-state index is -0.348. The van der Waals surface area contributed by atoms with Gasteiger partial charge >= 0.3 is 0 Å². The molecule has 0 N–H and O–H groups in total. The Morgan fingerprint density at radius 2 is 1.92 bits per heavy atom. The number of hydrogen-bond donors (Lipinski definition) is 0. The van der Waals surface area contributed by atoms with E-state index in [1.54, 1.807) is 12.1 Å². The van der Waals surface area contributed by atoms with Crippen molar-refractivity contribution in [2.45, 2.75) is 31.3 Å². The van der Waals surface area contributed by atoms with Crippen LogP contribution in [-0.2, 0) is 12.3 Å². The molecule has 0 amide bonds. The first-order valence-electron chi connectivity index (χ1n) is 8.05. The van der Waals surface area contributed by atoms with Crippen molar-refractivity contribution in [2.24, 2.45) is 0 Å². The van der Waals surface area contributed by atoms with Crippen molar-refractivity contribution in [2.75, 3.05) is 0 Å². The van der Waals surface area contributed by atoms with Crippen LogP contribution in [0.25, 0.3) is 11.4 Å². The zero-order valence-corrected chi connectivity index (χ0v) is 15.9. The number of thioether (sulfide) groups is 1. The quantitative estimate of drug-likeness (QED) is 0.332. The van der Waals surface area contributed by atoms with Gasteiger partial charge in [-0.05, 0) is 44.2 Å². The summed E-state index contributed by atoms with van der Waals surface area (Å²) in [6.45, 7) is 4.64. The zero-order chi connectivity index (χ0) is 18.7. The highest BCUT2D eigenvalue weighted by molar-refractivity contribution is 7.98. The number of nitro benzene ring substituents is 1. The lowest BCUT2D eigenvalue weighted by Crippen LogP contribution is -2.00. The van der Waals surface area contributed by atoms with E-state index in [-0.39, 0.29) is 10.6 Å². The summed E-state index contributed by atoms with van der Waals surface area (Å²) >= 11 is 7.39. The van der Waals surface area contributed by atoms with Crippen LogP contribution >= 0.6 is 23.4 Å². The molecule has 2 aromatic carbocycles. The Morgan fingerprint density at radius 1 is 1.19 bits per heavy atom. The minimum Gasteiger partial charge on any atom is -0.302 e. The third kappa shape index (κ3) is 3.89. The molecule has 0 aliphatic carbocycles. The number of nitrogens with zero attached hydrogens (tertiary/aromatic N) is 4. The van der Waals surface area contributed by atoms with Gasteiger partial charge in [0.1, 0.15) is 0 Å². The predicted octanol–water partition coefficient (Wildman–Crippen LogP) is 5.13. The normalized spacial score (nSPS) is 10.9. The van der Waals surface area contributed by atoms with Crippen LogP contribution in [0.15, 0.2) is 47.6 Å². The first-order chi connectivity index (χ1) is 12.5. The van der Waals surface area contributed by atoms with E-state index < -0.39 is 0 Å². The molecule has 0 radical (unpaired) electrons. The molecule has 0 saturated heterocycles. The molecule has 0 fully saturated rings. The van der Waals surface area contributed by atoms with Crippen LogP contribution in [0.1, 0.15) is 18.1 Å². The van der Waals surface area contributed by atoms with Crippen molar-refractivity contribution in [1.82, 2.24) is 14.8 Å². The Labute approximate surface area is 160 Å². The summed E-state index contributed by atoms with van der Waals surface area (Å²) in [5, 5.41) is 21.2. The fourth-order valence-corrected chi connectivity index (χ4v) is 3.76. The van der Waals surface area contributed by atoms with Gasteiger partial charge in [-0.15, -0.1) is 10.2 Å². The highest BCUT2D eigenvalue weighted by Crippen LogP contribution is 2.30. The van der Waals surface area contributed by atoms with E-state index in [1.165, 1.54) is 11.8 Å². The maximum absolute atomic E-state index is 11.2. The van der Waals surface area contributed by atoms with E-state index >= 15 is 0 Å². The fourth-order valence-electron chi connectivity index (χ4n) is 2.64. The molecule has 0 spiro atoms. The van der Waals surface area contributed by atoms with Crippen LogP contribution in [0.2, 0.25) is 5.02 Å². The lowest BCUT2D eigenvalue weighted by molar-refractivity contribution is -0.385. The number of rotatable bonds is 6. The van der Waals surface area contributed by atoms with Crippen LogP contribution in [0.4, 0.5) is 5.69 Å². The van der Waals surface area contributed by atoms with Gasteiger partial charge in [-0.2, -0.15) is 0 Å². The van der Waals surface area contributed by atoms with E-state index in [2.05, 4.69) is 10.2 Å². The summed E-state index contributed by atoms with van der Waals surface area (Å²) in [6.07, 6.45) is 0. The first kappa shape index (κ1) is 18.4. The highest BCUT2D eigenvalue weighted by atomic mass is 35.5. The number of hydrogen-bond acceptors (Lipinski definition) is 5. The average molecular weight is 389 g/mol. The molecule has 1 aromatic heterocycles. The first-order valence-corrected chi connectivity index (χ1v) is 9.41.